The number of rotatable bonds is 5. The van der Waals surface area contributed by atoms with E-state index in [4.69, 9.17) is 14.2 Å². The van der Waals surface area contributed by atoms with Gasteiger partial charge in [0.2, 0.25) is 5.89 Å². The SMILES string of the molecule is COc1cccc(NC(=O)N2C[C@@H](c3cccnc3)[C@H](c3nc(C4CCCC4)no3)C2)c1. The zero-order chi connectivity index (χ0) is 21.9. The highest BCUT2D eigenvalue weighted by atomic mass is 16.5. The summed E-state index contributed by atoms with van der Waals surface area (Å²) in [6.07, 6.45) is 8.28. The number of hydrogen-bond acceptors (Lipinski definition) is 6. The van der Waals surface area contributed by atoms with E-state index >= 15 is 0 Å². The number of methoxy groups -OCH3 is 1. The fourth-order valence-corrected chi connectivity index (χ4v) is 4.80. The number of nitrogens with one attached hydrogen (secondary N) is 1. The summed E-state index contributed by atoms with van der Waals surface area (Å²) >= 11 is 0. The zero-order valence-corrected chi connectivity index (χ0v) is 18.1. The first-order chi connectivity index (χ1) is 15.7. The Morgan fingerprint density at radius 2 is 2.00 bits per heavy atom. The van der Waals surface area contributed by atoms with Crippen LogP contribution in [0.1, 0.15) is 60.7 Å². The molecule has 1 aliphatic carbocycles. The van der Waals surface area contributed by atoms with Gasteiger partial charge in [-0.15, -0.1) is 0 Å². The number of carbonyl (C=O) groups excluding carboxylic acids is 1. The van der Waals surface area contributed by atoms with Crippen LogP contribution in [0.4, 0.5) is 10.5 Å². The molecule has 2 atom stereocenters. The predicted octanol–water partition coefficient (Wildman–Crippen LogP) is 4.55. The minimum Gasteiger partial charge on any atom is -0.497 e. The fraction of sp³-hybridized carbons (Fsp3) is 0.417. The molecule has 8 nitrogen and oxygen atoms in total. The number of ether oxygens (including phenoxy) is 1. The van der Waals surface area contributed by atoms with Crippen molar-refractivity contribution in [2.75, 3.05) is 25.5 Å². The Balaban J connectivity index is 1.37. The lowest BCUT2D eigenvalue weighted by Gasteiger charge is -2.17. The van der Waals surface area contributed by atoms with E-state index in [9.17, 15) is 4.79 Å². The van der Waals surface area contributed by atoms with E-state index in [0.717, 1.165) is 24.2 Å². The first-order valence-electron chi connectivity index (χ1n) is 11.1. The van der Waals surface area contributed by atoms with Gasteiger partial charge in [0, 0.05) is 49.1 Å². The molecule has 1 saturated heterocycles. The number of urea groups is 1. The summed E-state index contributed by atoms with van der Waals surface area (Å²) < 4.78 is 11.0. The molecule has 8 heteroatoms. The number of benzene rings is 1. The number of amides is 2. The molecule has 2 aromatic heterocycles. The normalized spacial score (nSPS) is 21.1. The standard InChI is InChI=1S/C24H27N5O3/c1-31-19-10-4-9-18(12-19)26-24(30)29-14-20(17-8-5-11-25-13-17)21(15-29)23-27-22(28-32-23)16-6-2-3-7-16/h4-5,8-13,16,20-21H,2-3,6-7,14-15H2,1H3,(H,26,30)/t20-,21+/m0/s1. The topological polar surface area (TPSA) is 93.4 Å². The minimum absolute atomic E-state index is 0.0386. The molecule has 0 bridgehead atoms. The molecule has 1 saturated carbocycles. The number of carbonyl (C=O) groups is 1. The van der Waals surface area contributed by atoms with Crippen molar-refractivity contribution in [3.05, 3.63) is 66.1 Å². The third kappa shape index (κ3) is 4.17. The molecule has 1 aromatic carbocycles. The summed E-state index contributed by atoms with van der Waals surface area (Å²) in [6.45, 7) is 1.05. The molecule has 32 heavy (non-hydrogen) atoms. The van der Waals surface area contributed by atoms with Crippen LogP contribution < -0.4 is 10.1 Å². The molecule has 5 rings (SSSR count). The second-order valence-electron chi connectivity index (χ2n) is 8.54. The van der Waals surface area contributed by atoms with Crippen LogP contribution in [0.5, 0.6) is 5.75 Å². The largest absolute Gasteiger partial charge is 0.497 e. The van der Waals surface area contributed by atoms with Crippen LogP contribution in [-0.2, 0) is 0 Å². The second kappa shape index (κ2) is 8.98. The molecule has 1 N–H and O–H groups in total. The van der Waals surface area contributed by atoms with Crippen LogP contribution in [0.15, 0.2) is 53.3 Å². The summed E-state index contributed by atoms with van der Waals surface area (Å²) in [6, 6.07) is 11.1. The predicted molar refractivity (Wildman–Crippen MR) is 119 cm³/mol. The van der Waals surface area contributed by atoms with Crippen molar-refractivity contribution in [1.29, 1.82) is 0 Å². The Labute approximate surface area is 187 Å². The lowest BCUT2D eigenvalue weighted by molar-refractivity contribution is 0.221. The van der Waals surface area contributed by atoms with Crippen LogP contribution in [-0.4, -0.2) is 46.3 Å². The number of anilines is 1. The lowest BCUT2D eigenvalue weighted by Crippen LogP contribution is -2.33. The molecular formula is C24H27N5O3. The summed E-state index contributed by atoms with van der Waals surface area (Å²) in [4.78, 5) is 23.9. The van der Waals surface area contributed by atoms with E-state index in [0.29, 0.717) is 36.3 Å². The summed E-state index contributed by atoms with van der Waals surface area (Å²) in [5.41, 5.74) is 1.76. The van der Waals surface area contributed by atoms with Crippen molar-refractivity contribution in [3.8, 4) is 5.75 Å². The van der Waals surface area contributed by atoms with E-state index in [1.807, 2.05) is 36.5 Å². The molecule has 0 spiro atoms. The molecule has 2 fully saturated rings. The fourth-order valence-electron chi connectivity index (χ4n) is 4.80. The Morgan fingerprint density at radius 1 is 1.16 bits per heavy atom. The van der Waals surface area contributed by atoms with Gasteiger partial charge in [0.25, 0.3) is 0 Å². The van der Waals surface area contributed by atoms with Crippen LogP contribution in [0, 0.1) is 0 Å². The Morgan fingerprint density at radius 3 is 2.78 bits per heavy atom. The molecular weight excluding hydrogens is 406 g/mol. The highest BCUT2D eigenvalue weighted by Gasteiger charge is 2.41. The van der Waals surface area contributed by atoms with Gasteiger partial charge in [-0.3, -0.25) is 4.98 Å². The maximum Gasteiger partial charge on any atom is 0.321 e. The molecule has 2 aliphatic rings. The Kier molecular flexibility index (Phi) is 5.75. The second-order valence-corrected chi connectivity index (χ2v) is 8.54. The van der Waals surface area contributed by atoms with E-state index < -0.39 is 0 Å². The molecule has 0 radical (unpaired) electrons. The molecule has 0 unspecified atom stereocenters. The highest BCUT2D eigenvalue weighted by Crippen LogP contribution is 2.40. The Hall–Kier alpha value is -3.42. The number of aromatic nitrogens is 3. The van der Waals surface area contributed by atoms with E-state index in [-0.39, 0.29) is 17.9 Å². The quantitative estimate of drug-likeness (QED) is 0.635. The van der Waals surface area contributed by atoms with Gasteiger partial charge < -0.3 is 19.5 Å². The molecule has 1 aliphatic heterocycles. The zero-order valence-electron chi connectivity index (χ0n) is 18.1. The Bertz CT molecular complexity index is 1060. The first kappa shape index (κ1) is 20.5. The van der Waals surface area contributed by atoms with Crippen molar-refractivity contribution < 1.29 is 14.1 Å². The summed E-state index contributed by atoms with van der Waals surface area (Å²) in [5.74, 6) is 2.47. The van der Waals surface area contributed by atoms with E-state index in [2.05, 4.69) is 15.5 Å². The van der Waals surface area contributed by atoms with Crippen molar-refractivity contribution in [2.45, 2.75) is 43.4 Å². The van der Waals surface area contributed by atoms with Crippen molar-refractivity contribution in [1.82, 2.24) is 20.0 Å². The molecule has 2 amide bonds. The third-order valence-corrected chi connectivity index (χ3v) is 6.54. The summed E-state index contributed by atoms with van der Waals surface area (Å²) in [7, 11) is 1.61. The number of hydrogen-bond donors (Lipinski definition) is 1. The van der Waals surface area contributed by atoms with Crippen LogP contribution in [0.25, 0.3) is 0 Å². The maximum atomic E-state index is 13.1. The van der Waals surface area contributed by atoms with Crippen LogP contribution in [0.3, 0.4) is 0 Å². The monoisotopic (exact) mass is 433 g/mol. The summed E-state index contributed by atoms with van der Waals surface area (Å²) in [5, 5.41) is 7.27. The minimum atomic E-state index is -0.162. The van der Waals surface area contributed by atoms with E-state index in [1.165, 1.54) is 12.8 Å². The molecule has 3 aromatic rings. The molecule has 166 valence electrons. The van der Waals surface area contributed by atoms with Gasteiger partial charge >= 0.3 is 6.03 Å². The number of likely N-dealkylation sites (tertiary alicyclic amines) is 1. The highest BCUT2D eigenvalue weighted by molar-refractivity contribution is 5.89. The van der Waals surface area contributed by atoms with Gasteiger partial charge in [-0.05, 0) is 36.6 Å². The van der Waals surface area contributed by atoms with Gasteiger partial charge in [-0.25, -0.2) is 4.79 Å². The number of pyridine rings is 1. The third-order valence-electron chi connectivity index (χ3n) is 6.54. The lowest BCUT2D eigenvalue weighted by atomic mass is 9.90. The van der Waals surface area contributed by atoms with Gasteiger partial charge in [0.15, 0.2) is 5.82 Å². The average Bonchev–Trinajstić information content (AvgIpc) is 3.60. The van der Waals surface area contributed by atoms with Crippen LogP contribution >= 0.6 is 0 Å². The first-order valence-corrected chi connectivity index (χ1v) is 11.1. The van der Waals surface area contributed by atoms with Crippen molar-refractivity contribution in [2.24, 2.45) is 0 Å². The van der Waals surface area contributed by atoms with Crippen LogP contribution in [0.2, 0.25) is 0 Å². The van der Waals surface area contributed by atoms with Crippen molar-refractivity contribution >= 4 is 11.7 Å². The van der Waals surface area contributed by atoms with Gasteiger partial charge in [0.1, 0.15) is 5.75 Å². The van der Waals surface area contributed by atoms with Gasteiger partial charge in [-0.1, -0.05) is 30.1 Å². The maximum absolute atomic E-state index is 13.1. The number of nitrogens with zero attached hydrogens (tertiary/aromatic N) is 4. The molecule has 3 heterocycles. The van der Waals surface area contributed by atoms with Gasteiger partial charge in [-0.2, -0.15) is 4.98 Å². The van der Waals surface area contributed by atoms with Crippen molar-refractivity contribution in [3.63, 3.8) is 0 Å². The van der Waals surface area contributed by atoms with Gasteiger partial charge in [0.05, 0.1) is 13.0 Å². The smallest absolute Gasteiger partial charge is 0.321 e. The van der Waals surface area contributed by atoms with E-state index in [1.54, 1.807) is 24.3 Å². The average molecular weight is 434 g/mol.